The number of aryl methyl sites for hydroxylation is 1. The van der Waals surface area contributed by atoms with Gasteiger partial charge in [-0.3, -0.25) is 4.79 Å². The van der Waals surface area contributed by atoms with Crippen LogP contribution in [0.2, 0.25) is 0 Å². The fourth-order valence-corrected chi connectivity index (χ4v) is 2.76. The minimum Gasteiger partial charge on any atom is -0.454 e. The Morgan fingerprint density at radius 3 is 2.67 bits per heavy atom. The Morgan fingerprint density at radius 1 is 1.07 bits per heavy atom. The maximum atomic E-state index is 12.5. The predicted octanol–water partition coefficient (Wildman–Crippen LogP) is 3.42. The second-order valence-corrected chi connectivity index (χ2v) is 5.90. The number of carbonyl (C=O) groups excluding carboxylic acids is 2. The molecule has 1 aliphatic heterocycles. The summed E-state index contributed by atoms with van der Waals surface area (Å²) in [5, 5.41) is 3.94. The summed E-state index contributed by atoms with van der Waals surface area (Å²) >= 11 is 0. The summed E-state index contributed by atoms with van der Waals surface area (Å²) in [6.45, 7) is 1.34. The summed E-state index contributed by atoms with van der Waals surface area (Å²) < 4.78 is 20.8. The fourth-order valence-electron chi connectivity index (χ4n) is 2.76. The molecule has 4 rings (SSSR count). The van der Waals surface area contributed by atoms with Gasteiger partial charge < -0.3 is 18.7 Å². The second-order valence-electron chi connectivity index (χ2n) is 5.90. The summed E-state index contributed by atoms with van der Waals surface area (Å²) in [6, 6.07) is 14.0. The Morgan fingerprint density at radius 2 is 1.85 bits per heavy atom. The number of ketones is 1. The zero-order chi connectivity index (χ0) is 18.8. The van der Waals surface area contributed by atoms with E-state index in [0.29, 0.717) is 28.5 Å². The molecule has 0 unspecified atom stereocenters. The smallest absolute Gasteiger partial charge is 0.344 e. The molecule has 7 nitrogen and oxygen atoms in total. The number of hydrogen-bond acceptors (Lipinski definition) is 7. The molecule has 2 aromatic carbocycles. The van der Waals surface area contributed by atoms with Gasteiger partial charge in [-0.15, -0.1) is 0 Å². The first-order valence-electron chi connectivity index (χ1n) is 8.25. The first kappa shape index (κ1) is 16.8. The van der Waals surface area contributed by atoms with Crippen molar-refractivity contribution in [3.8, 4) is 22.8 Å². The lowest BCUT2D eigenvalue weighted by Gasteiger charge is -2.06. The molecule has 0 atom stereocenters. The molecule has 1 aliphatic rings. The molecule has 3 aromatic rings. The van der Waals surface area contributed by atoms with Crippen LogP contribution in [0.4, 0.5) is 0 Å². The second kappa shape index (κ2) is 6.95. The number of fused-ring (bicyclic) bond motifs is 1. The molecule has 0 saturated heterocycles. The molecule has 0 spiro atoms. The number of rotatable bonds is 5. The lowest BCUT2D eigenvalue weighted by atomic mass is 10.1. The normalized spacial score (nSPS) is 12.0. The van der Waals surface area contributed by atoms with Crippen LogP contribution in [0.1, 0.15) is 26.5 Å². The summed E-state index contributed by atoms with van der Waals surface area (Å²) in [5.74, 6) is 0.387. The van der Waals surface area contributed by atoms with Gasteiger partial charge in [0.05, 0.1) is 0 Å². The van der Waals surface area contributed by atoms with Crippen LogP contribution in [0.3, 0.4) is 0 Å². The summed E-state index contributed by atoms with van der Waals surface area (Å²) in [6.07, 6.45) is 0. The highest BCUT2D eigenvalue weighted by Crippen LogP contribution is 2.32. The third-order valence-corrected chi connectivity index (χ3v) is 4.14. The molecule has 0 fully saturated rings. The van der Waals surface area contributed by atoms with Crippen LogP contribution in [-0.4, -0.2) is 30.3 Å². The maximum Gasteiger partial charge on any atom is 0.344 e. The van der Waals surface area contributed by atoms with Gasteiger partial charge in [0.25, 0.3) is 0 Å². The standard InChI is InChI=1S/C20H15NO6/c1-12-18(19(21-27-12)13-5-3-2-4-6-13)20(23)24-10-15(22)14-7-8-16-17(9-14)26-11-25-16/h2-9H,10-11H2,1H3. The molecule has 27 heavy (non-hydrogen) atoms. The first-order valence-corrected chi connectivity index (χ1v) is 8.25. The average Bonchev–Trinajstić information content (AvgIpc) is 3.32. The highest BCUT2D eigenvalue weighted by Gasteiger charge is 2.24. The van der Waals surface area contributed by atoms with E-state index >= 15 is 0 Å². The number of aromatic nitrogens is 1. The quantitative estimate of drug-likeness (QED) is 0.506. The lowest BCUT2D eigenvalue weighted by molar-refractivity contribution is 0.0473. The highest BCUT2D eigenvalue weighted by molar-refractivity contribution is 6.01. The van der Waals surface area contributed by atoms with Crippen molar-refractivity contribution in [2.75, 3.05) is 13.4 Å². The average molecular weight is 365 g/mol. The van der Waals surface area contributed by atoms with E-state index in [2.05, 4.69) is 5.16 Å². The van der Waals surface area contributed by atoms with E-state index in [1.165, 1.54) is 0 Å². The van der Waals surface area contributed by atoms with Crippen LogP contribution in [0.25, 0.3) is 11.3 Å². The minimum atomic E-state index is -0.665. The van der Waals surface area contributed by atoms with Gasteiger partial charge in [0, 0.05) is 11.1 Å². The van der Waals surface area contributed by atoms with Crippen LogP contribution < -0.4 is 9.47 Å². The fraction of sp³-hybridized carbons (Fsp3) is 0.150. The third-order valence-electron chi connectivity index (χ3n) is 4.14. The molecule has 0 aliphatic carbocycles. The van der Waals surface area contributed by atoms with Crippen molar-refractivity contribution in [3.05, 3.63) is 65.4 Å². The highest BCUT2D eigenvalue weighted by atomic mass is 16.7. The van der Waals surface area contributed by atoms with Crippen molar-refractivity contribution in [2.24, 2.45) is 0 Å². The van der Waals surface area contributed by atoms with Gasteiger partial charge in [0.1, 0.15) is 17.0 Å². The van der Waals surface area contributed by atoms with Crippen LogP contribution in [0.15, 0.2) is 53.1 Å². The van der Waals surface area contributed by atoms with E-state index in [1.807, 2.05) is 30.3 Å². The van der Waals surface area contributed by atoms with Crippen molar-refractivity contribution in [3.63, 3.8) is 0 Å². The van der Waals surface area contributed by atoms with Crippen LogP contribution in [0, 0.1) is 6.92 Å². The Balaban J connectivity index is 1.49. The van der Waals surface area contributed by atoms with E-state index in [9.17, 15) is 9.59 Å². The number of nitrogens with zero attached hydrogens (tertiary/aromatic N) is 1. The predicted molar refractivity (Wildman–Crippen MR) is 93.9 cm³/mol. The summed E-state index contributed by atoms with van der Waals surface area (Å²) in [7, 11) is 0. The Bertz CT molecular complexity index is 1010. The molecule has 2 heterocycles. The van der Waals surface area contributed by atoms with Crippen LogP contribution in [0.5, 0.6) is 11.5 Å². The summed E-state index contributed by atoms with van der Waals surface area (Å²) in [5.41, 5.74) is 1.69. The molecule has 1 aromatic heterocycles. The number of benzene rings is 2. The molecule has 0 bridgehead atoms. The van der Waals surface area contributed by atoms with Gasteiger partial charge in [-0.1, -0.05) is 35.5 Å². The van der Waals surface area contributed by atoms with Gasteiger partial charge in [-0.25, -0.2) is 4.79 Å². The number of hydrogen-bond donors (Lipinski definition) is 0. The number of esters is 1. The molecule has 7 heteroatoms. The Hall–Kier alpha value is -3.61. The Kier molecular flexibility index (Phi) is 4.33. The first-order chi connectivity index (χ1) is 13.1. The van der Waals surface area contributed by atoms with E-state index in [0.717, 1.165) is 5.56 Å². The lowest BCUT2D eigenvalue weighted by Crippen LogP contribution is -2.15. The van der Waals surface area contributed by atoms with E-state index in [1.54, 1.807) is 25.1 Å². The van der Waals surface area contributed by atoms with Crippen LogP contribution >= 0.6 is 0 Å². The van der Waals surface area contributed by atoms with Crippen molar-refractivity contribution < 1.29 is 28.3 Å². The summed E-state index contributed by atoms with van der Waals surface area (Å²) in [4.78, 5) is 24.9. The van der Waals surface area contributed by atoms with Crippen LogP contribution in [-0.2, 0) is 4.74 Å². The molecule has 0 saturated carbocycles. The van der Waals surface area contributed by atoms with Gasteiger partial charge in [0.15, 0.2) is 23.9 Å². The molecule has 136 valence electrons. The van der Waals surface area contributed by atoms with Gasteiger partial charge in [0.2, 0.25) is 6.79 Å². The van der Waals surface area contributed by atoms with Gasteiger partial charge in [-0.05, 0) is 25.1 Å². The third kappa shape index (κ3) is 3.27. The Labute approximate surface area is 154 Å². The van der Waals surface area contributed by atoms with Crippen molar-refractivity contribution in [1.82, 2.24) is 5.16 Å². The molecule has 0 radical (unpaired) electrons. The topological polar surface area (TPSA) is 87.9 Å². The zero-order valence-electron chi connectivity index (χ0n) is 14.4. The zero-order valence-corrected chi connectivity index (χ0v) is 14.4. The van der Waals surface area contributed by atoms with Crippen molar-refractivity contribution >= 4 is 11.8 Å². The largest absolute Gasteiger partial charge is 0.454 e. The number of carbonyl (C=O) groups is 2. The molecule has 0 amide bonds. The molecular formula is C20H15NO6. The maximum absolute atomic E-state index is 12.5. The van der Waals surface area contributed by atoms with E-state index in [-0.39, 0.29) is 18.1 Å². The van der Waals surface area contributed by atoms with Crippen molar-refractivity contribution in [1.29, 1.82) is 0 Å². The molecular weight excluding hydrogens is 350 g/mol. The monoisotopic (exact) mass is 365 g/mol. The van der Waals surface area contributed by atoms with E-state index < -0.39 is 12.6 Å². The van der Waals surface area contributed by atoms with E-state index in [4.69, 9.17) is 18.7 Å². The number of ether oxygens (including phenoxy) is 3. The number of Topliss-reactive ketones (excluding diaryl/α,β-unsaturated/α-hetero) is 1. The van der Waals surface area contributed by atoms with Gasteiger partial charge >= 0.3 is 5.97 Å². The minimum absolute atomic E-state index is 0.122. The van der Waals surface area contributed by atoms with Crippen molar-refractivity contribution in [2.45, 2.75) is 6.92 Å². The van der Waals surface area contributed by atoms with Gasteiger partial charge in [-0.2, -0.15) is 0 Å². The SMILES string of the molecule is Cc1onc(-c2ccccc2)c1C(=O)OCC(=O)c1ccc2c(c1)OCO2. The molecule has 0 N–H and O–H groups in total.